The number of rotatable bonds is 44. The first-order chi connectivity index (χ1) is 49.9. The van der Waals surface area contributed by atoms with Crippen molar-refractivity contribution in [2.45, 2.75) is 300 Å². The molecule has 30 heteroatoms. The van der Waals surface area contributed by atoms with Crippen molar-refractivity contribution in [2.24, 2.45) is 0 Å². The number of ether oxygens (including phenoxy) is 10. The van der Waals surface area contributed by atoms with Crippen LogP contribution < -0.4 is 10.6 Å². The number of fused-ring (bicyclic) bond motifs is 2. The molecule has 8 heterocycles. The van der Waals surface area contributed by atoms with E-state index in [1.54, 1.807) is 0 Å². The van der Waals surface area contributed by atoms with Crippen LogP contribution in [-0.2, 0) is 66.5 Å². The Bertz CT molecular complexity index is 3450. The largest absolute Gasteiger partial charge is 0.508 e. The standard InChI is InChI=1S/C43H64ClN5O10.C30H40ClN5O8/c1-4-7-9-11-13-15-17-19-21-23-27-54-41(52)56-30-43(6-3)33(58-42(53)55-28-24-22-20-18-16-14-12-10-8-5-2)29-34(59-43)49-31-45-36-37(47-40(44)48-38(36)49)46-39(51)32-25-26-35(50)57-32;1-3-5-6-7-8-9-10-11-12-13-16-41-29(40)42-18-30(4-2)21(37)17-22(44-30)36-19-32-24-25(34-28(31)35-26(24)36)33-27(39)20-14-15-23(38)43-20/h3,31-34H,4-5,7-30H2,1-2H3,(H,46,47,48,51);2,19-22,37H,3,5-18H2,1H3,(H,33,34,35,39)/t32-,33+,34-,43-;20-,21+,22?,30-/m11/s1. The summed E-state index contributed by atoms with van der Waals surface area (Å²) in [5.74, 6) is 2.89. The number of halogens is 2. The van der Waals surface area contributed by atoms with Gasteiger partial charge in [-0.05, 0) is 42.5 Å². The van der Waals surface area contributed by atoms with Crippen molar-refractivity contribution in [2.75, 3.05) is 43.7 Å². The number of esters is 2. The zero-order valence-corrected chi connectivity index (χ0v) is 61.5. The fraction of sp³-hybridized carbons (Fsp3) is 0.712. The van der Waals surface area contributed by atoms with Crippen LogP contribution in [0, 0.1) is 24.7 Å². The van der Waals surface area contributed by atoms with Gasteiger partial charge in [0.1, 0.15) is 31.8 Å². The second-order valence-corrected chi connectivity index (χ2v) is 27.2. The molecule has 8 atom stereocenters. The molecule has 4 aliphatic rings. The molecule has 28 nitrogen and oxygen atoms in total. The summed E-state index contributed by atoms with van der Waals surface area (Å²) in [5, 5.41) is 15.7. The number of carbonyl (C=O) groups is 7. The number of amides is 2. The van der Waals surface area contributed by atoms with Gasteiger partial charge >= 0.3 is 30.4 Å². The minimum absolute atomic E-state index is 0.00949. The van der Waals surface area contributed by atoms with Gasteiger partial charge in [0, 0.05) is 38.5 Å². The molecule has 4 saturated heterocycles. The molecule has 0 aliphatic carbocycles. The van der Waals surface area contributed by atoms with E-state index in [1.165, 1.54) is 144 Å². The lowest BCUT2D eigenvalue weighted by Crippen LogP contribution is -2.45. The Kier molecular flexibility index (Phi) is 35.5. The zero-order valence-electron chi connectivity index (χ0n) is 60.0. The first-order valence-electron chi connectivity index (χ1n) is 37.2. The van der Waals surface area contributed by atoms with Crippen molar-refractivity contribution in [3.63, 3.8) is 0 Å². The number of unbranched alkanes of at least 4 members (excludes halogenated alkanes) is 27. The van der Waals surface area contributed by atoms with Crippen molar-refractivity contribution in [3.05, 3.63) is 23.2 Å². The first-order valence-corrected chi connectivity index (χ1v) is 37.9. The Morgan fingerprint density at radius 2 is 0.864 bits per heavy atom. The lowest BCUT2D eigenvalue weighted by atomic mass is 9.98. The van der Waals surface area contributed by atoms with E-state index in [1.807, 2.05) is 0 Å². The highest BCUT2D eigenvalue weighted by molar-refractivity contribution is 6.29. The summed E-state index contributed by atoms with van der Waals surface area (Å²) in [6, 6.07) is 0. The van der Waals surface area contributed by atoms with Crippen LogP contribution in [0.4, 0.5) is 26.0 Å². The minimum atomic E-state index is -1.74. The van der Waals surface area contributed by atoms with E-state index in [2.05, 4.69) is 73.1 Å². The number of nitrogens with one attached hydrogen (secondary N) is 2. The van der Waals surface area contributed by atoms with E-state index in [4.69, 9.17) is 83.4 Å². The maximum atomic E-state index is 13.0. The molecule has 4 aromatic rings. The maximum Gasteiger partial charge on any atom is 0.508 e. The normalized spacial score (nSPS) is 21.2. The fourth-order valence-electron chi connectivity index (χ4n) is 12.6. The van der Waals surface area contributed by atoms with E-state index in [0.29, 0.717) is 12.8 Å². The third-order valence-corrected chi connectivity index (χ3v) is 18.9. The van der Waals surface area contributed by atoms with Crippen LogP contribution in [0.2, 0.25) is 10.6 Å². The van der Waals surface area contributed by atoms with Crippen LogP contribution in [0.3, 0.4) is 0 Å². The van der Waals surface area contributed by atoms with Crippen molar-refractivity contribution in [1.29, 1.82) is 0 Å². The first kappa shape index (κ1) is 82.7. The summed E-state index contributed by atoms with van der Waals surface area (Å²) >= 11 is 12.4. The van der Waals surface area contributed by atoms with Gasteiger partial charge in [0.05, 0.1) is 32.5 Å². The Labute approximate surface area is 613 Å². The van der Waals surface area contributed by atoms with Gasteiger partial charge in [-0.25, -0.2) is 24.4 Å². The molecule has 0 radical (unpaired) electrons. The molecule has 103 heavy (non-hydrogen) atoms. The molecule has 3 N–H and O–H groups in total. The van der Waals surface area contributed by atoms with Gasteiger partial charge in [-0.3, -0.25) is 28.3 Å². The van der Waals surface area contributed by atoms with E-state index in [0.717, 1.165) is 57.8 Å². The number of imidazole rings is 2. The number of aliphatic hydroxyl groups excluding tert-OH is 1. The van der Waals surface area contributed by atoms with Gasteiger partial charge in [-0.15, -0.1) is 12.8 Å². The topological polar surface area (TPSA) is 343 Å². The zero-order chi connectivity index (χ0) is 73.8. The number of hydrogen-bond donors (Lipinski definition) is 3. The molecule has 0 aromatic carbocycles. The van der Waals surface area contributed by atoms with E-state index >= 15 is 0 Å². The summed E-state index contributed by atoms with van der Waals surface area (Å²) in [5.41, 5.74) is -2.67. The number of cyclic esters (lactones) is 2. The van der Waals surface area contributed by atoms with Gasteiger partial charge in [0.25, 0.3) is 11.8 Å². The SMILES string of the molecule is C#C[C@]1(COC(=O)OCCCCCCCCCCCC)OC(n2cnc3c(NC(=O)[C@H]4CCC(=O)O4)nc(Cl)nc32)C[C@@H]1O.C#C[C@]1(COC(=O)OCCCCCCCCCCCC)O[C@@H](n2cnc3c(NC(=O)[C@H]4CCC(=O)O4)nc(Cl)nc32)C[C@@H]1OC(=O)OCCCCCCCCCCCC. The van der Waals surface area contributed by atoms with Gasteiger partial charge in [0.15, 0.2) is 57.9 Å². The van der Waals surface area contributed by atoms with Crippen LogP contribution in [0.1, 0.15) is 264 Å². The van der Waals surface area contributed by atoms with Gasteiger partial charge in [-0.2, -0.15) is 19.9 Å². The number of aliphatic hydroxyl groups is 1. The van der Waals surface area contributed by atoms with Crippen molar-refractivity contribution >= 4 is 99.4 Å². The van der Waals surface area contributed by atoms with Crippen LogP contribution in [0.15, 0.2) is 12.7 Å². The van der Waals surface area contributed by atoms with Gasteiger partial charge in [-0.1, -0.05) is 206 Å². The van der Waals surface area contributed by atoms with Crippen molar-refractivity contribution in [3.8, 4) is 24.7 Å². The smallest absolute Gasteiger partial charge is 0.452 e. The molecule has 0 saturated carbocycles. The second kappa shape index (κ2) is 44.2. The third-order valence-electron chi connectivity index (χ3n) is 18.5. The molecule has 8 rings (SSSR count). The Balaban J connectivity index is 0.000000301. The van der Waals surface area contributed by atoms with Crippen molar-refractivity contribution < 1.29 is 86.0 Å². The average Bonchev–Trinajstić information content (AvgIpc) is 1.62. The molecule has 1 unspecified atom stereocenters. The number of aromatic nitrogens is 8. The molecule has 4 aliphatic heterocycles. The number of anilines is 2. The number of nitrogens with zero attached hydrogens (tertiary/aromatic N) is 8. The Morgan fingerprint density at radius 3 is 1.23 bits per heavy atom. The summed E-state index contributed by atoms with van der Waals surface area (Å²) in [4.78, 5) is 112. The molecule has 2 amide bonds. The molecule has 568 valence electrons. The third kappa shape index (κ3) is 26.2. The number of hydrogen-bond acceptors (Lipinski definition) is 24. The highest BCUT2D eigenvalue weighted by atomic mass is 35.5. The second-order valence-electron chi connectivity index (χ2n) is 26.6. The molecular formula is C73H104Cl2N10O18. The highest BCUT2D eigenvalue weighted by Gasteiger charge is 2.53. The van der Waals surface area contributed by atoms with Crippen LogP contribution in [-0.4, -0.2) is 155 Å². The maximum absolute atomic E-state index is 13.0. The molecule has 0 spiro atoms. The monoisotopic (exact) mass is 1480 g/mol. The van der Waals surface area contributed by atoms with Gasteiger partial charge < -0.3 is 63.1 Å². The number of terminal acetylenes is 2. The van der Waals surface area contributed by atoms with E-state index in [-0.39, 0.29) is 103 Å². The van der Waals surface area contributed by atoms with Gasteiger partial charge in [0.2, 0.25) is 16.2 Å². The van der Waals surface area contributed by atoms with Crippen LogP contribution in [0.25, 0.3) is 22.3 Å². The molecular weight excluding hydrogens is 1380 g/mol. The Hall–Kier alpha value is -7.63. The predicted octanol–water partition coefficient (Wildman–Crippen LogP) is 14.8. The fourth-order valence-corrected chi connectivity index (χ4v) is 12.9. The average molecular weight is 1480 g/mol. The predicted molar refractivity (Wildman–Crippen MR) is 381 cm³/mol. The summed E-state index contributed by atoms with van der Waals surface area (Å²) in [7, 11) is 0. The molecule has 4 fully saturated rings. The summed E-state index contributed by atoms with van der Waals surface area (Å²) in [6.45, 7) is 6.32. The summed E-state index contributed by atoms with van der Waals surface area (Å²) in [6.07, 6.45) is 40.9. The van der Waals surface area contributed by atoms with Crippen LogP contribution in [0.5, 0.6) is 0 Å². The van der Waals surface area contributed by atoms with E-state index < -0.39 is 104 Å². The molecule has 0 bridgehead atoms. The minimum Gasteiger partial charge on any atom is -0.452 e. The lowest BCUT2D eigenvalue weighted by molar-refractivity contribution is -0.146. The summed E-state index contributed by atoms with van der Waals surface area (Å²) < 4.78 is 57.9. The van der Waals surface area contributed by atoms with E-state index in [9.17, 15) is 38.7 Å². The molecule has 4 aromatic heterocycles. The number of carbonyl (C=O) groups excluding carboxylic acids is 7. The van der Waals surface area contributed by atoms with Crippen molar-refractivity contribution in [1.82, 2.24) is 39.0 Å². The highest BCUT2D eigenvalue weighted by Crippen LogP contribution is 2.42. The lowest BCUT2D eigenvalue weighted by Gasteiger charge is -2.28. The van der Waals surface area contributed by atoms with Crippen LogP contribution >= 0.6 is 23.2 Å². The Morgan fingerprint density at radius 1 is 0.515 bits per heavy atom. The quantitative estimate of drug-likeness (QED) is 0.0122.